The fourth-order valence-corrected chi connectivity index (χ4v) is 2.26. The van der Waals surface area contributed by atoms with E-state index in [1.165, 1.54) is 19.3 Å². The molecule has 2 N–H and O–H groups in total. The van der Waals surface area contributed by atoms with Gasteiger partial charge in [-0.15, -0.1) is 0 Å². The molecule has 17 heavy (non-hydrogen) atoms. The number of ether oxygens (including phenoxy) is 1. The molecule has 0 aromatic carbocycles. The molecule has 1 fully saturated rings. The maximum absolute atomic E-state index is 9.60. The molecule has 0 amide bonds. The summed E-state index contributed by atoms with van der Waals surface area (Å²) in [4.78, 5) is 0. The second kappa shape index (κ2) is 7.34. The van der Waals surface area contributed by atoms with Crippen molar-refractivity contribution in [3.8, 4) is 0 Å². The Morgan fingerprint density at radius 1 is 1.24 bits per heavy atom. The molecule has 0 aromatic rings. The van der Waals surface area contributed by atoms with E-state index < -0.39 is 5.60 Å². The molecule has 3 nitrogen and oxygen atoms in total. The largest absolute Gasteiger partial charge is 0.390 e. The first kappa shape index (κ1) is 14.9. The average molecular weight is 243 g/mol. The number of hydrogen-bond donors (Lipinski definition) is 2. The summed E-state index contributed by atoms with van der Waals surface area (Å²) in [5, 5.41) is 13.2. The van der Waals surface area contributed by atoms with Crippen LogP contribution >= 0.6 is 0 Å². The maximum atomic E-state index is 9.60. The van der Waals surface area contributed by atoms with Gasteiger partial charge < -0.3 is 15.2 Å². The minimum absolute atomic E-state index is 0.414. The summed E-state index contributed by atoms with van der Waals surface area (Å²) in [6, 6.07) is 0.698. The summed E-state index contributed by atoms with van der Waals surface area (Å²) in [5.74, 6) is 0. The topological polar surface area (TPSA) is 41.5 Å². The highest BCUT2D eigenvalue weighted by atomic mass is 16.5. The Labute approximate surface area is 106 Å². The van der Waals surface area contributed by atoms with Gasteiger partial charge in [0.05, 0.1) is 11.7 Å². The molecule has 0 heterocycles. The van der Waals surface area contributed by atoms with Crippen LogP contribution in [0.2, 0.25) is 0 Å². The van der Waals surface area contributed by atoms with Gasteiger partial charge in [-0.2, -0.15) is 0 Å². The third-order valence-electron chi connectivity index (χ3n) is 3.42. The van der Waals surface area contributed by atoms with E-state index in [2.05, 4.69) is 12.2 Å². The Morgan fingerprint density at radius 2 is 1.88 bits per heavy atom. The fraction of sp³-hybridized carbons (Fsp3) is 1.00. The monoisotopic (exact) mass is 243 g/mol. The second-order valence-electron chi connectivity index (χ2n) is 5.86. The Hall–Kier alpha value is -0.120. The predicted octanol–water partition coefficient (Wildman–Crippen LogP) is 2.47. The zero-order valence-corrected chi connectivity index (χ0v) is 11.7. The first-order valence-corrected chi connectivity index (χ1v) is 7.08. The van der Waals surface area contributed by atoms with Crippen LogP contribution in [0.4, 0.5) is 0 Å². The Balaban J connectivity index is 2.07. The molecule has 0 saturated heterocycles. The van der Waals surface area contributed by atoms with Crippen molar-refractivity contribution in [2.24, 2.45) is 0 Å². The van der Waals surface area contributed by atoms with Crippen LogP contribution in [0, 0.1) is 0 Å². The lowest BCUT2D eigenvalue weighted by Crippen LogP contribution is -2.36. The predicted molar refractivity (Wildman–Crippen MR) is 71.2 cm³/mol. The molecule has 1 saturated carbocycles. The molecule has 0 radical (unpaired) electrons. The zero-order valence-electron chi connectivity index (χ0n) is 11.7. The normalized spacial score (nSPS) is 26.1. The Morgan fingerprint density at radius 3 is 2.41 bits per heavy atom. The standard InChI is InChI=1S/C14H29NO2/c1-4-10-15-12-5-7-13(8-6-12)17-11-9-14(2,3)16/h12-13,15-16H,4-11H2,1-3H3. The van der Waals surface area contributed by atoms with Crippen molar-refractivity contribution in [3.63, 3.8) is 0 Å². The Bertz CT molecular complexity index is 193. The first-order chi connectivity index (χ1) is 8.01. The van der Waals surface area contributed by atoms with E-state index >= 15 is 0 Å². The van der Waals surface area contributed by atoms with Gasteiger partial charge in [0.1, 0.15) is 0 Å². The zero-order chi connectivity index (χ0) is 12.7. The number of aliphatic hydroxyl groups is 1. The first-order valence-electron chi connectivity index (χ1n) is 7.08. The van der Waals surface area contributed by atoms with Gasteiger partial charge >= 0.3 is 0 Å². The van der Waals surface area contributed by atoms with Gasteiger partial charge in [-0.3, -0.25) is 0 Å². The lowest BCUT2D eigenvalue weighted by atomic mass is 9.93. The molecule has 1 aliphatic rings. The van der Waals surface area contributed by atoms with Crippen molar-refractivity contribution in [2.75, 3.05) is 13.2 Å². The maximum Gasteiger partial charge on any atom is 0.0613 e. The smallest absolute Gasteiger partial charge is 0.0613 e. The van der Waals surface area contributed by atoms with E-state index in [0.29, 0.717) is 18.8 Å². The molecular formula is C14H29NO2. The van der Waals surface area contributed by atoms with Crippen LogP contribution in [0.3, 0.4) is 0 Å². The molecule has 0 bridgehead atoms. The third-order valence-corrected chi connectivity index (χ3v) is 3.42. The van der Waals surface area contributed by atoms with Crippen molar-refractivity contribution in [1.82, 2.24) is 5.32 Å². The van der Waals surface area contributed by atoms with Crippen molar-refractivity contribution < 1.29 is 9.84 Å². The van der Waals surface area contributed by atoms with Crippen LogP contribution in [-0.2, 0) is 4.74 Å². The van der Waals surface area contributed by atoms with Crippen molar-refractivity contribution in [3.05, 3.63) is 0 Å². The molecule has 1 rings (SSSR count). The van der Waals surface area contributed by atoms with Gasteiger partial charge in [0.15, 0.2) is 0 Å². The third kappa shape index (κ3) is 7.02. The molecule has 0 spiro atoms. The van der Waals surface area contributed by atoms with E-state index in [9.17, 15) is 5.11 Å². The van der Waals surface area contributed by atoms with Crippen molar-refractivity contribution >= 4 is 0 Å². The van der Waals surface area contributed by atoms with Crippen LogP contribution < -0.4 is 5.32 Å². The van der Waals surface area contributed by atoms with E-state index in [1.807, 2.05) is 13.8 Å². The van der Waals surface area contributed by atoms with Crippen LogP contribution in [-0.4, -0.2) is 36.0 Å². The summed E-state index contributed by atoms with van der Waals surface area (Å²) >= 11 is 0. The highest BCUT2D eigenvalue weighted by molar-refractivity contribution is 4.77. The Kier molecular flexibility index (Phi) is 6.45. The fourth-order valence-electron chi connectivity index (χ4n) is 2.26. The summed E-state index contributed by atoms with van der Waals surface area (Å²) in [6.07, 6.45) is 7.13. The molecule has 102 valence electrons. The van der Waals surface area contributed by atoms with Crippen LogP contribution in [0.5, 0.6) is 0 Å². The SMILES string of the molecule is CCCNC1CCC(OCCC(C)(C)O)CC1. The van der Waals surface area contributed by atoms with E-state index in [-0.39, 0.29) is 0 Å². The number of hydrogen-bond acceptors (Lipinski definition) is 3. The van der Waals surface area contributed by atoms with Crippen LogP contribution in [0.25, 0.3) is 0 Å². The van der Waals surface area contributed by atoms with Gasteiger partial charge in [0.2, 0.25) is 0 Å². The molecule has 0 aliphatic heterocycles. The summed E-state index contributed by atoms with van der Waals surface area (Å²) in [7, 11) is 0. The van der Waals surface area contributed by atoms with Crippen LogP contribution in [0.15, 0.2) is 0 Å². The molecule has 0 unspecified atom stereocenters. The quantitative estimate of drug-likeness (QED) is 0.722. The van der Waals surface area contributed by atoms with Crippen LogP contribution in [0.1, 0.15) is 59.3 Å². The molecule has 0 atom stereocenters. The second-order valence-corrected chi connectivity index (χ2v) is 5.86. The van der Waals surface area contributed by atoms with Gasteiger partial charge in [-0.1, -0.05) is 6.92 Å². The van der Waals surface area contributed by atoms with E-state index in [1.54, 1.807) is 0 Å². The van der Waals surface area contributed by atoms with Gasteiger partial charge in [-0.05, 0) is 58.9 Å². The minimum atomic E-state index is -0.597. The number of nitrogens with one attached hydrogen (secondary N) is 1. The highest BCUT2D eigenvalue weighted by Gasteiger charge is 2.21. The highest BCUT2D eigenvalue weighted by Crippen LogP contribution is 2.22. The molecular weight excluding hydrogens is 214 g/mol. The lowest BCUT2D eigenvalue weighted by molar-refractivity contribution is -0.0166. The van der Waals surface area contributed by atoms with Gasteiger partial charge in [-0.25, -0.2) is 0 Å². The van der Waals surface area contributed by atoms with E-state index in [0.717, 1.165) is 25.8 Å². The summed E-state index contributed by atoms with van der Waals surface area (Å²) in [5.41, 5.74) is -0.597. The summed E-state index contributed by atoms with van der Waals surface area (Å²) < 4.78 is 5.82. The molecule has 0 aromatic heterocycles. The van der Waals surface area contributed by atoms with E-state index in [4.69, 9.17) is 4.74 Å². The van der Waals surface area contributed by atoms with Gasteiger partial charge in [0, 0.05) is 12.6 Å². The van der Waals surface area contributed by atoms with Gasteiger partial charge in [0.25, 0.3) is 0 Å². The number of rotatable bonds is 7. The molecule has 1 aliphatic carbocycles. The van der Waals surface area contributed by atoms with Crippen molar-refractivity contribution in [1.29, 1.82) is 0 Å². The minimum Gasteiger partial charge on any atom is -0.390 e. The average Bonchev–Trinajstić information content (AvgIpc) is 2.26. The summed E-state index contributed by atoms with van der Waals surface area (Å²) in [6.45, 7) is 7.69. The van der Waals surface area contributed by atoms with Crippen molar-refractivity contribution in [2.45, 2.75) is 77.0 Å². The lowest BCUT2D eigenvalue weighted by Gasteiger charge is -2.30. The molecule has 3 heteroatoms.